The third-order valence-corrected chi connectivity index (χ3v) is 3.27. The van der Waals surface area contributed by atoms with Gasteiger partial charge in [-0.3, -0.25) is 9.59 Å². The average molecular weight is 245 g/mol. The van der Waals surface area contributed by atoms with Crippen LogP contribution in [0.1, 0.15) is 19.4 Å². The topological polar surface area (TPSA) is 63.4 Å². The van der Waals surface area contributed by atoms with Crippen LogP contribution in [0.15, 0.2) is 24.3 Å². The number of anilines is 1. The van der Waals surface area contributed by atoms with E-state index in [1.54, 1.807) is 18.7 Å². The second-order valence-electron chi connectivity index (χ2n) is 5.10. The van der Waals surface area contributed by atoms with Crippen LogP contribution in [0.2, 0.25) is 0 Å². The highest BCUT2D eigenvalue weighted by atomic mass is 16.2. The maximum Gasteiger partial charge on any atom is 0.232 e. The first kappa shape index (κ1) is 12.6. The van der Waals surface area contributed by atoms with Crippen LogP contribution in [0.4, 0.5) is 5.69 Å². The largest absolute Gasteiger partial charge is 0.369 e. The van der Waals surface area contributed by atoms with Crippen LogP contribution in [0.3, 0.4) is 0 Å². The molecule has 1 heterocycles. The Bertz CT molecular complexity index is 494. The lowest BCUT2D eigenvalue weighted by Crippen LogP contribution is -2.39. The molecule has 2 N–H and O–H groups in total. The predicted octanol–water partition coefficient (Wildman–Crippen LogP) is 1.29. The van der Waals surface area contributed by atoms with Gasteiger partial charge in [-0.2, -0.15) is 0 Å². The van der Waals surface area contributed by atoms with E-state index in [1.165, 1.54) is 6.42 Å². The molecule has 1 aromatic rings. The lowest BCUT2D eigenvalue weighted by atomic mass is 9.88. The van der Waals surface area contributed by atoms with Crippen molar-refractivity contribution < 1.29 is 9.59 Å². The standard InChI is InChI=1S/C14H17N2O2/c1-14(2,13(15)18)9-12(17)16-8-7-10-5-3-4-6-11(10)16/h3-6,9H,7-8H2,1-2H3,(H2,15,18). The molecule has 0 atom stereocenters. The first-order valence-electron chi connectivity index (χ1n) is 5.97. The third kappa shape index (κ3) is 2.23. The Morgan fingerprint density at radius 1 is 1.33 bits per heavy atom. The van der Waals surface area contributed by atoms with Crippen LogP contribution in [0.25, 0.3) is 0 Å². The van der Waals surface area contributed by atoms with Crippen molar-refractivity contribution >= 4 is 17.5 Å². The fraction of sp³-hybridized carbons (Fsp3) is 0.357. The van der Waals surface area contributed by atoms with Gasteiger partial charge >= 0.3 is 0 Å². The van der Waals surface area contributed by atoms with Crippen molar-refractivity contribution in [3.05, 3.63) is 36.2 Å². The molecule has 2 rings (SSSR count). The van der Waals surface area contributed by atoms with Gasteiger partial charge in [0.05, 0.1) is 11.8 Å². The van der Waals surface area contributed by atoms with Gasteiger partial charge in [0.2, 0.25) is 11.8 Å². The molecule has 0 aromatic heterocycles. The maximum absolute atomic E-state index is 12.2. The van der Waals surface area contributed by atoms with Gasteiger partial charge in [-0.15, -0.1) is 0 Å². The van der Waals surface area contributed by atoms with E-state index in [2.05, 4.69) is 0 Å². The van der Waals surface area contributed by atoms with Crippen molar-refractivity contribution in [2.75, 3.05) is 11.4 Å². The molecule has 0 aliphatic carbocycles. The molecule has 1 aromatic carbocycles. The summed E-state index contributed by atoms with van der Waals surface area (Å²) in [6.45, 7) is 3.95. The summed E-state index contributed by atoms with van der Waals surface area (Å²) < 4.78 is 0. The van der Waals surface area contributed by atoms with Crippen molar-refractivity contribution in [3.63, 3.8) is 0 Å². The Hall–Kier alpha value is -1.84. The number of hydrogen-bond donors (Lipinski definition) is 1. The van der Waals surface area contributed by atoms with Crippen LogP contribution in [0.5, 0.6) is 0 Å². The number of primary amides is 1. The number of hydrogen-bond acceptors (Lipinski definition) is 2. The molecule has 95 valence electrons. The summed E-state index contributed by atoms with van der Waals surface area (Å²) in [6.07, 6.45) is 2.25. The minimum absolute atomic E-state index is 0.163. The number of carbonyl (C=O) groups excluding carboxylic acids is 2. The number of benzene rings is 1. The number of amides is 2. The summed E-state index contributed by atoms with van der Waals surface area (Å²) in [4.78, 5) is 25.1. The minimum atomic E-state index is -0.922. The SMILES string of the molecule is CC(C)([CH]C(=O)N1CCc2ccccc21)C(N)=O. The molecule has 1 aliphatic rings. The lowest BCUT2D eigenvalue weighted by Gasteiger charge is -2.24. The van der Waals surface area contributed by atoms with E-state index in [9.17, 15) is 9.59 Å². The molecular formula is C14H17N2O2. The highest BCUT2D eigenvalue weighted by Crippen LogP contribution is 2.30. The van der Waals surface area contributed by atoms with Gasteiger partial charge in [0.15, 0.2) is 0 Å². The number of carbonyl (C=O) groups is 2. The fourth-order valence-electron chi connectivity index (χ4n) is 2.02. The van der Waals surface area contributed by atoms with Gasteiger partial charge in [-0.25, -0.2) is 0 Å². The van der Waals surface area contributed by atoms with E-state index < -0.39 is 11.3 Å². The molecule has 2 amide bonds. The van der Waals surface area contributed by atoms with E-state index >= 15 is 0 Å². The quantitative estimate of drug-likeness (QED) is 0.872. The average Bonchev–Trinajstić information content (AvgIpc) is 2.71. The van der Waals surface area contributed by atoms with Gasteiger partial charge in [0, 0.05) is 12.2 Å². The van der Waals surface area contributed by atoms with Crippen LogP contribution < -0.4 is 10.6 Å². The first-order chi connectivity index (χ1) is 8.42. The van der Waals surface area contributed by atoms with Crippen molar-refractivity contribution in [1.29, 1.82) is 0 Å². The number of fused-ring (bicyclic) bond motifs is 1. The van der Waals surface area contributed by atoms with Gasteiger partial charge in [0.1, 0.15) is 0 Å². The molecule has 4 nitrogen and oxygen atoms in total. The third-order valence-electron chi connectivity index (χ3n) is 3.27. The summed E-state index contributed by atoms with van der Waals surface area (Å²) in [5.74, 6) is -0.660. The lowest BCUT2D eigenvalue weighted by molar-refractivity contribution is -0.127. The Balaban J connectivity index is 2.15. The molecule has 4 heteroatoms. The summed E-state index contributed by atoms with van der Waals surface area (Å²) in [6, 6.07) is 7.81. The van der Waals surface area contributed by atoms with Crippen LogP contribution >= 0.6 is 0 Å². The van der Waals surface area contributed by atoms with E-state index in [0.717, 1.165) is 17.7 Å². The molecule has 0 saturated heterocycles. The van der Waals surface area contributed by atoms with Crippen molar-refractivity contribution in [1.82, 2.24) is 0 Å². The van der Waals surface area contributed by atoms with E-state index in [1.807, 2.05) is 24.3 Å². The molecule has 1 radical (unpaired) electrons. The number of rotatable bonds is 3. The van der Waals surface area contributed by atoms with Crippen molar-refractivity contribution in [3.8, 4) is 0 Å². The fourth-order valence-corrected chi connectivity index (χ4v) is 2.02. The Morgan fingerprint density at radius 2 is 2.00 bits per heavy atom. The molecule has 0 bridgehead atoms. The highest BCUT2D eigenvalue weighted by molar-refractivity contribution is 6.04. The second kappa shape index (κ2) is 4.44. The Kier molecular flexibility index (Phi) is 3.11. The van der Waals surface area contributed by atoms with Gasteiger partial charge < -0.3 is 10.6 Å². The normalized spacial score (nSPS) is 14.4. The van der Waals surface area contributed by atoms with Gasteiger partial charge in [0.25, 0.3) is 0 Å². The number of nitrogens with zero attached hydrogens (tertiary/aromatic N) is 1. The summed E-state index contributed by atoms with van der Waals surface area (Å²) >= 11 is 0. The number of para-hydroxylation sites is 1. The summed E-state index contributed by atoms with van der Waals surface area (Å²) in [5.41, 5.74) is 6.44. The second-order valence-corrected chi connectivity index (χ2v) is 5.10. The zero-order valence-electron chi connectivity index (χ0n) is 10.6. The van der Waals surface area contributed by atoms with Crippen molar-refractivity contribution in [2.45, 2.75) is 20.3 Å². The highest BCUT2D eigenvalue weighted by Gasteiger charge is 2.33. The Morgan fingerprint density at radius 3 is 2.67 bits per heavy atom. The smallest absolute Gasteiger partial charge is 0.232 e. The molecule has 0 saturated carbocycles. The molecular weight excluding hydrogens is 228 g/mol. The zero-order valence-corrected chi connectivity index (χ0v) is 10.6. The minimum Gasteiger partial charge on any atom is -0.369 e. The summed E-state index contributed by atoms with van der Waals surface area (Å²) in [7, 11) is 0. The zero-order chi connectivity index (χ0) is 13.3. The Labute approximate surface area is 107 Å². The number of nitrogens with two attached hydrogens (primary N) is 1. The monoisotopic (exact) mass is 245 g/mol. The predicted molar refractivity (Wildman–Crippen MR) is 69.8 cm³/mol. The molecule has 1 aliphatic heterocycles. The molecule has 0 spiro atoms. The van der Waals surface area contributed by atoms with E-state index in [0.29, 0.717) is 6.54 Å². The van der Waals surface area contributed by atoms with E-state index in [-0.39, 0.29) is 5.91 Å². The molecule has 18 heavy (non-hydrogen) atoms. The summed E-state index contributed by atoms with van der Waals surface area (Å²) in [5, 5.41) is 0. The first-order valence-corrected chi connectivity index (χ1v) is 5.97. The molecule has 0 unspecified atom stereocenters. The van der Waals surface area contributed by atoms with E-state index in [4.69, 9.17) is 5.73 Å². The maximum atomic E-state index is 12.2. The van der Waals surface area contributed by atoms with Crippen LogP contribution in [-0.4, -0.2) is 18.4 Å². The van der Waals surface area contributed by atoms with Gasteiger partial charge in [-0.1, -0.05) is 32.0 Å². The van der Waals surface area contributed by atoms with Crippen molar-refractivity contribution in [2.24, 2.45) is 11.1 Å². The van der Waals surface area contributed by atoms with Crippen LogP contribution in [-0.2, 0) is 16.0 Å². The van der Waals surface area contributed by atoms with Crippen LogP contribution in [0, 0.1) is 11.8 Å². The van der Waals surface area contributed by atoms with Gasteiger partial charge in [-0.05, 0) is 18.1 Å². The molecule has 0 fully saturated rings.